The Morgan fingerprint density at radius 3 is 1.96 bits per heavy atom. The molecule has 0 saturated heterocycles. The molecule has 0 saturated carbocycles. The molecular formula is C17H20FNO7. The number of hydrogen-bond acceptors (Lipinski definition) is 7. The Balaban J connectivity index is 3.15. The maximum absolute atomic E-state index is 13.3. The van der Waals surface area contributed by atoms with Crippen LogP contribution in [-0.4, -0.2) is 51.2 Å². The maximum Gasteiger partial charge on any atom is 0.328 e. The first-order valence-corrected chi connectivity index (χ1v) is 7.56. The molecule has 9 heteroatoms. The van der Waals surface area contributed by atoms with E-state index in [4.69, 9.17) is 0 Å². The lowest BCUT2D eigenvalue weighted by molar-refractivity contribution is -0.162. The third kappa shape index (κ3) is 5.01. The van der Waals surface area contributed by atoms with E-state index < -0.39 is 47.5 Å². The van der Waals surface area contributed by atoms with Gasteiger partial charge in [0.2, 0.25) is 0 Å². The van der Waals surface area contributed by atoms with Gasteiger partial charge in [-0.25, -0.2) is 9.18 Å². The molecule has 8 nitrogen and oxygen atoms in total. The van der Waals surface area contributed by atoms with Crippen LogP contribution in [0.5, 0.6) is 0 Å². The molecule has 0 aliphatic carbocycles. The van der Waals surface area contributed by atoms with E-state index in [-0.39, 0.29) is 5.56 Å². The molecule has 1 rings (SSSR count). The first-order chi connectivity index (χ1) is 12.3. The number of esters is 3. The summed E-state index contributed by atoms with van der Waals surface area (Å²) < 4.78 is 27.1. The Labute approximate surface area is 149 Å². The van der Waals surface area contributed by atoms with Crippen molar-refractivity contribution in [3.8, 4) is 0 Å². The van der Waals surface area contributed by atoms with Gasteiger partial charge in [0.05, 0.1) is 21.3 Å². The van der Waals surface area contributed by atoms with Crippen LogP contribution in [0, 0.1) is 17.7 Å². The molecule has 0 bridgehead atoms. The summed E-state index contributed by atoms with van der Waals surface area (Å²) in [6.07, 6.45) is 0. The zero-order chi connectivity index (χ0) is 19.9. The van der Waals surface area contributed by atoms with Crippen LogP contribution in [0.1, 0.15) is 17.3 Å². The second-order valence-electron chi connectivity index (χ2n) is 5.37. The second kappa shape index (κ2) is 9.50. The average molecular weight is 369 g/mol. The third-order valence-electron chi connectivity index (χ3n) is 3.79. The quantitative estimate of drug-likeness (QED) is 0.428. The van der Waals surface area contributed by atoms with Crippen LogP contribution in [0.2, 0.25) is 0 Å². The van der Waals surface area contributed by atoms with Crippen LogP contribution in [0.25, 0.3) is 0 Å². The molecule has 1 aromatic rings. The zero-order valence-corrected chi connectivity index (χ0v) is 14.8. The number of nitrogens with one attached hydrogen (secondary N) is 1. The molecule has 0 aliphatic heterocycles. The van der Waals surface area contributed by atoms with Crippen LogP contribution in [0.15, 0.2) is 24.3 Å². The number of carbonyl (C=O) groups excluding carboxylic acids is 4. The molecule has 1 aromatic carbocycles. The van der Waals surface area contributed by atoms with Crippen LogP contribution in [0.3, 0.4) is 0 Å². The molecule has 26 heavy (non-hydrogen) atoms. The Bertz CT molecular complexity index is 675. The lowest BCUT2D eigenvalue weighted by Crippen LogP contribution is -2.51. The lowest BCUT2D eigenvalue weighted by Gasteiger charge is -2.27. The zero-order valence-electron chi connectivity index (χ0n) is 14.8. The van der Waals surface area contributed by atoms with E-state index in [0.29, 0.717) is 0 Å². The van der Waals surface area contributed by atoms with Gasteiger partial charge in [-0.05, 0) is 18.2 Å². The number of benzene rings is 1. The van der Waals surface area contributed by atoms with Crippen molar-refractivity contribution in [2.75, 3.05) is 21.3 Å². The predicted molar refractivity (Wildman–Crippen MR) is 86.4 cm³/mol. The summed E-state index contributed by atoms with van der Waals surface area (Å²) in [5, 5.41) is 2.35. The largest absolute Gasteiger partial charge is 0.468 e. The monoisotopic (exact) mass is 369 g/mol. The predicted octanol–water partition coefficient (Wildman–Crippen LogP) is 0.695. The Hall–Kier alpha value is -2.97. The molecule has 0 aliphatic rings. The molecule has 142 valence electrons. The minimum Gasteiger partial charge on any atom is -0.468 e. The molecule has 1 amide bonds. The highest BCUT2D eigenvalue weighted by molar-refractivity contribution is 5.99. The first kappa shape index (κ1) is 21.1. The fraction of sp³-hybridized carbons (Fsp3) is 0.412. The molecule has 0 fully saturated rings. The van der Waals surface area contributed by atoms with Crippen LogP contribution in [-0.2, 0) is 28.6 Å². The van der Waals surface area contributed by atoms with Gasteiger partial charge in [-0.15, -0.1) is 0 Å². The van der Waals surface area contributed by atoms with E-state index in [9.17, 15) is 23.6 Å². The maximum atomic E-state index is 13.3. The van der Waals surface area contributed by atoms with Gasteiger partial charge in [0.25, 0.3) is 5.91 Å². The molecule has 0 heterocycles. The molecule has 0 spiro atoms. The smallest absolute Gasteiger partial charge is 0.328 e. The van der Waals surface area contributed by atoms with Gasteiger partial charge >= 0.3 is 17.9 Å². The van der Waals surface area contributed by atoms with Gasteiger partial charge < -0.3 is 19.5 Å². The van der Waals surface area contributed by atoms with Gasteiger partial charge in [0.1, 0.15) is 11.9 Å². The molecule has 0 aromatic heterocycles. The number of hydrogen-bond donors (Lipinski definition) is 1. The number of methoxy groups -OCH3 is 3. The highest BCUT2D eigenvalue weighted by Gasteiger charge is 2.42. The summed E-state index contributed by atoms with van der Waals surface area (Å²) in [6, 6.07) is 3.43. The summed E-state index contributed by atoms with van der Waals surface area (Å²) in [7, 11) is 3.23. The molecule has 1 N–H and O–H groups in total. The van der Waals surface area contributed by atoms with Crippen molar-refractivity contribution in [1.29, 1.82) is 0 Å². The van der Waals surface area contributed by atoms with Gasteiger partial charge in [-0.3, -0.25) is 14.4 Å². The summed E-state index contributed by atoms with van der Waals surface area (Å²) in [4.78, 5) is 48.3. The standard InChI is InChI=1S/C17H20FNO7/c1-9(12(15(21)24-2)16(22)25-3)13(17(23)26-4)19-14(20)10-6-5-7-11(18)8-10/h5-9,12-13H,1-4H3,(H,19,20)/t9-,13+/m1/s1. The molecule has 0 radical (unpaired) electrons. The van der Waals surface area contributed by atoms with E-state index >= 15 is 0 Å². The van der Waals surface area contributed by atoms with Gasteiger partial charge in [0.15, 0.2) is 5.92 Å². The van der Waals surface area contributed by atoms with E-state index in [1.165, 1.54) is 19.1 Å². The van der Waals surface area contributed by atoms with Crippen molar-refractivity contribution in [3.63, 3.8) is 0 Å². The number of halogens is 1. The van der Waals surface area contributed by atoms with E-state index in [1.54, 1.807) is 0 Å². The molecular weight excluding hydrogens is 349 g/mol. The minimum atomic E-state index is -1.47. The van der Waals surface area contributed by atoms with Crippen LogP contribution < -0.4 is 5.32 Å². The topological polar surface area (TPSA) is 108 Å². The van der Waals surface area contributed by atoms with Crippen LogP contribution in [0.4, 0.5) is 4.39 Å². The van der Waals surface area contributed by atoms with Gasteiger partial charge in [0, 0.05) is 11.5 Å². The van der Waals surface area contributed by atoms with E-state index in [0.717, 1.165) is 33.5 Å². The summed E-state index contributed by atoms with van der Waals surface area (Å²) in [5.74, 6) is -6.69. The van der Waals surface area contributed by atoms with E-state index in [2.05, 4.69) is 19.5 Å². The summed E-state index contributed by atoms with van der Waals surface area (Å²) in [5.41, 5.74) is -0.0428. The van der Waals surface area contributed by atoms with Crippen molar-refractivity contribution in [1.82, 2.24) is 5.32 Å². The number of amides is 1. The molecule has 2 atom stereocenters. The van der Waals surface area contributed by atoms with Crippen molar-refractivity contribution < 1.29 is 37.8 Å². The Morgan fingerprint density at radius 1 is 0.962 bits per heavy atom. The fourth-order valence-electron chi connectivity index (χ4n) is 2.36. The number of rotatable bonds is 7. The third-order valence-corrected chi connectivity index (χ3v) is 3.79. The summed E-state index contributed by atoms with van der Waals surface area (Å²) >= 11 is 0. The van der Waals surface area contributed by atoms with Crippen LogP contribution >= 0.6 is 0 Å². The highest BCUT2D eigenvalue weighted by Crippen LogP contribution is 2.21. The average Bonchev–Trinajstić information content (AvgIpc) is 2.64. The fourth-order valence-corrected chi connectivity index (χ4v) is 2.36. The number of carbonyl (C=O) groups is 4. The SMILES string of the molecule is COC(=O)C(C(=O)OC)[C@@H](C)[C@H](NC(=O)c1cccc(F)c1)C(=O)OC. The van der Waals surface area contributed by atoms with Crippen molar-refractivity contribution >= 4 is 23.8 Å². The van der Waals surface area contributed by atoms with Crippen molar-refractivity contribution in [2.45, 2.75) is 13.0 Å². The highest BCUT2D eigenvalue weighted by atomic mass is 19.1. The molecule has 0 unspecified atom stereocenters. The lowest BCUT2D eigenvalue weighted by atomic mass is 9.87. The van der Waals surface area contributed by atoms with Crippen molar-refractivity contribution in [2.24, 2.45) is 11.8 Å². The number of ether oxygens (including phenoxy) is 3. The summed E-state index contributed by atoms with van der Waals surface area (Å²) in [6.45, 7) is 1.38. The second-order valence-corrected chi connectivity index (χ2v) is 5.37. The van der Waals surface area contributed by atoms with Gasteiger partial charge in [-0.1, -0.05) is 13.0 Å². The van der Waals surface area contributed by atoms with Crippen molar-refractivity contribution in [3.05, 3.63) is 35.6 Å². The normalized spacial score (nSPS) is 12.7. The Kier molecular flexibility index (Phi) is 7.70. The first-order valence-electron chi connectivity index (χ1n) is 7.56. The van der Waals surface area contributed by atoms with E-state index in [1.807, 2.05) is 0 Å². The Morgan fingerprint density at radius 2 is 1.50 bits per heavy atom. The van der Waals surface area contributed by atoms with Gasteiger partial charge in [-0.2, -0.15) is 0 Å². The minimum absolute atomic E-state index is 0.0428.